The molecule has 0 saturated carbocycles. The number of carbonyl (C=O) groups excluding carboxylic acids is 1. The number of rotatable bonds is 5. The summed E-state index contributed by atoms with van der Waals surface area (Å²) in [5, 5.41) is 13.8. The van der Waals surface area contributed by atoms with Crippen molar-refractivity contribution < 1.29 is 36.2 Å². The molecular weight excluding hydrogens is 569 g/mol. The van der Waals surface area contributed by atoms with Crippen LogP contribution in [0.4, 0.5) is 24.5 Å². The van der Waals surface area contributed by atoms with Gasteiger partial charge < -0.3 is 15.2 Å². The maximum absolute atomic E-state index is 16.1. The average Bonchev–Trinajstić information content (AvgIpc) is 3.04. The number of nitrogens with zero attached hydrogens (tertiary/aromatic N) is 1. The van der Waals surface area contributed by atoms with Crippen LogP contribution >= 0.6 is 0 Å². The van der Waals surface area contributed by atoms with Crippen LogP contribution in [0, 0.1) is 22.9 Å². The van der Waals surface area contributed by atoms with E-state index >= 15 is 13.2 Å². The highest BCUT2D eigenvalue weighted by Gasteiger charge is 2.48. The van der Waals surface area contributed by atoms with E-state index in [1.165, 1.54) is 36.4 Å². The highest BCUT2D eigenvalue weighted by molar-refractivity contribution is 7.95. The molecule has 0 aromatic heterocycles. The van der Waals surface area contributed by atoms with Crippen LogP contribution in [0.3, 0.4) is 0 Å². The van der Waals surface area contributed by atoms with Crippen molar-refractivity contribution in [3.05, 3.63) is 106 Å². The molecule has 220 valence electrons. The summed E-state index contributed by atoms with van der Waals surface area (Å²) < 4.78 is 79.9. The number of allylic oxidation sites excluding steroid dienone is 1. The third kappa shape index (κ3) is 5.13. The number of ether oxygens (including phenoxy) is 1. The number of nitrogens with one attached hydrogen (secondary N) is 1. The SMILES string of the molecule is C=C(C)COc1ccc(C2C3=C(CC(C)(C)CS3(=O)=O)Nc3c(O)cccc3N2C(=O)c2ccccc2F)c(F)c1F. The van der Waals surface area contributed by atoms with E-state index in [9.17, 15) is 18.3 Å². The zero-order chi connectivity index (χ0) is 30.6. The highest BCUT2D eigenvalue weighted by Crippen LogP contribution is 2.52. The average molecular weight is 599 g/mol. The van der Waals surface area contributed by atoms with Crippen LogP contribution in [-0.4, -0.2) is 31.8 Å². The van der Waals surface area contributed by atoms with Crippen LogP contribution in [0.15, 0.2) is 77.4 Å². The van der Waals surface area contributed by atoms with Gasteiger partial charge in [0.05, 0.1) is 21.9 Å². The number of fused-ring (bicyclic) bond motifs is 1. The van der Waals surface area contributed by atoms with Crippen LogP contribution in [-0.2, 0) is 9.84 Å². The van der Waals surface area contributed by atoms with E-state index in [1.807, 2.05) is 0 Å². The molecule has 2 aliphatic heterocycles. The Morgan fingerprint density at radius 1 is 1.10 bits per heavy atom. The molecule has 3 aromatic carbocycles. The fourth-order valence-electron chi connectivity index (χ4n) is 5.44. The molecular formula is C31H29F3N2O5S. The second kappa shape index (κ2) is 10.5. The lowest BCUT2D eigenvalue weighted by Crippen LogP contribution is -2.41. The Morgan fingerprint density at radius 2 is 1.81 bits per heavy atom. The second-order valence-corrected chi connectivity index (χ2v) is 13.3. The van der Waals surface area contributed by atoms with Crippen LogP contribution in [0.1, 0.15) is 49.2 Å². The number of para-hydroxylation sites is 1. The standard InChI is InChI=1S/C31H29F3N2O5S/c1-17(2)15-41-24-13-12-19(25(33)26(24)34)28-29-21(14-31(3,4)16-42(29,39)40)35-27-22(10-7-11-23(27)37)36(28)30(38)18-8-5-6-9-20(18)32/h5-13,28,35,37H,1,14-16H2,2-4H3. The number of phenolic OH excluding ortho intramolecular Hbond substituents is 1. The molecule has 2 heterocycles. The van der Waals surface area contributed by atoms with Gasteiger partial charge >= 0.3 is 0 Å². The normalized spacial score (nSPS) is 18.8. The monoisotopic (exact) mass is 598 g/mol. The Labute approximate surface area is 241 Å². The van der Waals surface area contributed by atoms with Gasteiger partial charge in [-0.15, -0.1) is 0 Å². The molecule has 42 heavy (non-hydrogen) atoms. The summed E-state index contributed by atoms with van der Waals surface area (Å²) in [4.78, 5) is 14.7. The van der Waals surface area contributed by atoms with Gasteiger partial charge in [0.25, 0.3) is 5.91 Å². The molecule has 0 spiro atoms. The quantitative estimate of drug-likeness (QED) is 0.253. The third-order valence-corrected chi connectivity index (χ3v) is 9.40. The number of hydrogen-bond donors (Lipinski definition) is 2. The van der Waals surface area contributed by atoms with Gasteiger partial charge in [-0.1, -0.05) is 38.6 Å². The van der Waals surface area contributed by atoms with Crippen LogP contribution in [0.2, 0.25) is 0 Å². The lowest BCUT2D eigenvalue weighted by atomic mass is 9.88. The van der Waals surface area contributed by atoms with E-state index in [2.05, 4.69) is 11.9 Å². The molecule has 5 rings (SSSR count). The summed E-state index contributed by atoms with van der Waals surface area (Å²) in [6, 6.07) is 9.71. The molecule has 0 saturated heterocycles. The number of anilines is 2. The molecule has 2 aliphatic rings. The molecule has 1 unspecified atom stereocenters. The van der Waals surface area contributed by atoms with Gasteiger partial charge in [-0.3, -0.25) is 9.69 Å². The smallest absolute Gasteiger partial charge is 0.262 e. The van der Waals surface area contributed by atoms with Gasteiger partial charge in [0.2, 0.25) is 5.82 Å². The fraction of sp³-hybridized carbons (Fsp3) is 0.258. The van der Waals surface area contributed by atoms with Crippen molar-refractivity contribution in [1.82, 2.24) is 0 Å². The number of halogens is 3. The topological polar surface area (TPSA) is 95.9 Å². The van der Waals surface area contributed by atoms with Gasteiger partial charge in [0, 0.05) is 11.3 Å². The van der Waals surface area contributed by atoms with Gasteiger partial charge in [-0.25, -0.2) is 17.2 Å². The summed E-state index contributed by atoms with van der Waals surface area (Å²) in [5.41, 5.74) is -1.15. The van der Waals surface area contributed by atoms with Crippen molar-refractivity contribution in [1.29, 1.82) is 0 Å². The Morgan fingerprint density at radius 3 is 2.50 bits per heavy atom. The first-order valence-corrected chi connectivity index (χ1v) is 14.7. The lowest BCUT2D eigenvalue weighted by Gasteiger charge is -2.37. The van der Waals surface area contributed by atoms with E-state index in [0.29, 0.717) is 5.57 Å². The number of aromatic hydroxyl groups is 1. The van der Waals surface area contributed by atoms with Crippen LogP contribution < -0.4 is 15.0 Å². The first-order valence-electron chi connectivity index (χ1n) is 13.1. The second-order valence-electron chi connectivity index (χ2n) is 11.3. The van der Waals surface area contributed by atoms with E-state index < -0.39 is 61.5 Å². The molecule has 1 atom stereocenters. The van der Waals surface area contributed by atoms with Crippen LogP contribution in [0.25, 0.3) is 0 Å². The zero-order valence-electron chi connectivity index (χ0n) is 23.2. The van der Waals surface area contributed by atoms with Crippen molar-refractivity contribution >= 4 is 27.1 Å². The van der Waals surface area contributed by atoms with E-state index in [1.54, 1.807) is 20.8 Å². The third-order valence-electron chi connectivity index (χ3n) is 7.10. The molecule has 1 amide bonds. The first-order chi connectivity index (χ1) is 19.7. The molecule has 0 aliphatic carbocycles. The lowest BCUT2D eigenvalue weighted by molar-refractivity contribution is 0.0976. The van der Waals surface area contributed by atoms with Crippen LogP contribution in [0.5, 0.6) is 11.5 Å². The minimum Gasteiger partial charge on any atom is -0.506 e. The number of sulfone groups is 1. The Hall–Kier alpha value is -4.25. The summed E-state index contributed by atoms with van der Waals surface area (Å²) >= 11 is 0. The molecule has 3 aromatic rings. The number of hydrogen-bond acceptors (Lipinski definition) is 6. The Balaban J connectivity index is 1.86. The molecule has 2 N–H and O–H groups in total. The molecule has 11 heteroatoms. The summed E-state index contributed by atoms with van der Waals surface area (Å²) in [7, 11) is -4.25. The minimum absolute atomic E-state index is 0.0348. The minimum atomic E-state index is -4.25. The van der Waals surface area contributed by atoms with Crippen molar-refractivity contribution in [2.24, 2.45) is 5.41 Å². The zero-order valence-corrected chi connectivity index (χ0v) is 24.0. The van der Waals surface area contributed by atoms with Gasteiger partial charge in [-0.05, 0) is 60.7 Å². The van der Waals surface area contributed by atoms with E-state index in [0.717, 1.165) is 23.1 Å². The largest absolute Gasteiger partial charge is 0.506 e. The summed E-state index contributed by atoms with van der Waals surface area (Å²) in [6.07, 6.45) is 0.136. The predicted molar refractivity (Wildman–Crippen MR) is 154 cm³/mol. The number of benzene rings is 3. The number of amides is 1. The predicted octanol–water partition coefficient (Wildman–Crippen LogP) is 6.63. The molecule has 0 bridgehead atoms. The van der Waals surface area contributed by atoms with Crippen molar-refractivity contribution in [3.63, 3.8) is 0 Å². The van der Waals surface area contributed by atoms with E-state index in [4.69, 9.17) is 4.74 Å². The Bertz CT molecular complexity index is 1770. The maximum atomic E-state index is 16.1. The van der Waals surface area contributed by atoms with E-state index in [-0.39, 0.29) is 46.5 Å². The first kappa shape index (κ1) is 29.2. The molecule has 7 nitrogen and oxygen atoms in total. The van der Waals surface area contributed by atoms with Gasteiger partial charge in [0.15, 0.2) is 21.4 Å². The van der Waals surface area contributed by atoms with Gasteiger partial charge in [0.1, 0.15) is 29.9 Å². The molecule has 0 radical (unpaired) electrons. The summed E-state index contributed by atoms with van der Waals surface area (Å²) in [6.45, 7) is 8.69. The van der Waals surface area contributed by atoms with Crippen molar-refractivity contribution in [3.8, 4) is 11.5 Å². The molecule has 0 fully saturated rings. The Kier molecular flexibility index (Phi) is 7.34. The fourth-order valence-corrected chi connectivity index (χ4v) is 7.80. The van der Waals surface area contributed by atoms with Crippen molar-refractivity contribution in [2.45, 2.75) is 33.2 Å². The van der Waals surface area contributed by atoms with Crippen molar-refractivity contribution in [2.75, 3.05) is 22.6 Å². The number of carbonyl (C=O) groups is 1. The summed E-state index contributed by atoms with van der Waals surface area (Å²) in [5.74, 6) is -5.89. The number of phenols is 1. The highest BCUT2D eigenvalue weighted by atomic mass is 32.2. The van der Waals surface area contributed by atoms with Gasteiger partial charge in [-0.2, -0.15) is 4.39 Å². The maximum Gasteiger partial charge on any atom is 0.262 e.